The number of rotatable bonds is 0. The first-order valence-corrected chi connectivity index (χ1v) is 3.06. The topological polar surface area (TPSA) is 47.2 Å². The molecule has 0 aliphatic rings. The molecule has 56 valence electrons. The summed E-state index contributed by atoms with van der Waals surface area (Å²) in [5.41, 5.74) is 0. The number of hydrogen-bond donors (Lipinski definition) is 1. The fraction of sp³-hybridized carbons (Fsp3) is 0.286. The molecule has 1 aromatic rings. The molecule has 10 heavy (non-hydrogen) atoms. The Morgan fingerprint density at radius 3 is 1.90 bits per heavy atom. The van der Waals surface area contributed by atoms with Crippen molar-refractivity contribution in [1.82, 2.24) is 0 Å². The van der Waals surface area contributed by atoms with Crippen LogP contribution in [0.25, 0.3) is 0 Å². The van der Waals surface area contributed by atoms with E-state index in [9.17, 15) is 5.21 Å². The Morgan fingerprint density at radius 1 is 1.30 bits per heavy atom. The first-order chi connectivity index (χ1) is 4.81. The zero-order valence-corrected chi connectivity index (χ0v) is 5.90. The maximum atomic E-state index is 10.2. The summed E-state index contributed by atoms with van der Waals surface area (Å²) in [6.45, 7) is 1.93. The molecule has 0 aromatic carbocycles. The molecule has 0 saturated heterocycles. The van der Waals surface area contributed by atoms with Gasteiger partial charge in [0.2, 0.25) is 0 Å². The highest BCUT2D eigenvalue weighted by atomic mass is 16.5. The van der Waals surface area contributed by atoms with Gasteiger partial charge in [-0.05, 0) is 6.92 Å². The molecule has 0 bridgehead atoms. The molecule has 0 aliphatic carbocycles. The van der Waals surface area contributed by atoms with Crippen LogP contribution >= 0.6 is 0 Å². The van der Waals surface area contributed by atoms with E-state index in [1.807, 2.05) is 0 Å². The van der Waals surface area contributed by atoms with Crippen LogP contribution in [0, 0.1) is 5.21 Å². The predicted octanol–water partition coefficient (Wildman–Crippen LogP) is 0.319. The second-order valence-corrected chi connectivity index (χ2v) is 1.55. The molecule has 0 unspecified atom stereocenters. The van der Waals surface area contributed by atoms with Crippen LogP contribution in [0.1, 0.15) is 6.92 Å². The SMILES string of the molecule is CCO.[O-][n+]1ccccc1. The molecule has 3 nitrogen and oxygen atoms in total. The summed E-state index contributed by atoms with van der Waals surface area (Å²) in [7, 11) is 0. The van der Waals surface area contributed by atoms with Crippen molar-refractivity contribution in [1.29, 1.82) is 0 Å². The third-order valence-corrected chi connectivity index (χ3v) is 0.688. The van der Waals surface area contributed by atoms with Crippen molar-refractivity contribution in [2.75, 3.05) is 6.61 Å². The highest BCUT2D eigenvalue weighted by Gasteiger charge is 1.75. The van der Waals surface area contributed by atoms with Crippen molar-refractivity contribution >= 4 is 0 Å². The molecule has 0 saturated carbocycles. The minimum atomic E-state index is 0.250. The molecular weight excluding hydrogens is 130 g/mol. The van der Waals surface area contributed by atoms with Crippen LogP contribution < -0.4 is 4.73 Å². The van der Waals surface area contributed by atoms with E-state index >= 15 is 0 Å². The summed E-state index contributed by atoms with van der Waals surface area (Å²) in [5, 5.41) is 17.8. The van der Waals surface area contributed by atoms with E-state index in [1.54, 1.807) is 25.1 Å². The highest BCUT2D eigenvalue weighted by molar-refractivity contribution is 4.83. The van der Waals surface area contributed by atoms with E-state index in [1.165, 1.54) is 12.4 Å². The quantitative estimate of drug-likeness (QED) is 0.417. The van der Waals surface area contributed by atoms with Gasteiger partial charge in [-0.2, -0.15) is 4.73 Å². The van der Waals surface area contributed by atoms with Gasteiger partial charge in [-0.25, -0.2) is 0 Å². The monoisotopic (exact) mass is 141 g/mol. The predicted molar refractivity (Wildman–Crippen MR) is 38.2 cm³/mol. The van der Waals surface area contributed by atoms with Crippen LogP contribution in [0.4, 0.5) is 0 Å². The maximum absolute atomic E-state index is 10.2. The van der Waals surface area contributed by atoms with Crippen LogP contribution in [-0.4, -0.2) is 11.7 Å². The van der Waals surface area contributed by atoms with E-state index in [-0.39, 0.29) is 6.61 Å². The van der Waals surface area contributed by atoms with Crippen molar-refractivity contribution < 1.29 is 9.84 Å². The van der Waals surface area contributed by atoms with Crippen LogP contribution in [0.2, 0.25) is 0 Å². The van der Waals surface area contributed by atoms with Gasteiger partial charge < -0.3 is 10.3 Å². The minimum Gasteiger partial charge on any atom is -0.619 e. The number of pyridine rings is 1. The number of hydrogen-bond acceptors (Lipinski definition) is 2. The number of aliphatic hydroxyl groups excluding tert-OH is 1. The Labute approximate surface area is 60.1 Å². The summed E-state index contributed by atoms with van der Waals surface area (Å²) < 4.78 is 0.750. The van der Waals surface area contributed by atoms with Crippen molar-refractivity contribution in [3.63, 3.8) is 0 Å². The molecule has 1 N–H and O–H groups in total. The Hall–Kier alpha value is -1.09. The number of nitrogens with zero attached hydrogens (tertiary/aromatic N) is 1. The second-order valence-electron chi connectivity index (χ2n) is 1.55. The molecule has 1 heterocycles. The average Bonchev–Trinajstić information content (AvgIpc) is 1.91. The van der Waals surface area contributed by atoms with Gasteiger partial charge in [0, 0.05) is 18.7 Å². The number of aromatic nitrogens is 1. The largest absolute Gasteiger partial charge is 0.619 e. The normalized spacial score (nSPS) is 7.80. The van der Waals surface area contributed by atoms with E-state index < -0.39 is 0 Å². The molecule has 0 aliphatic heterocycles. The summed E-state index contributed by atoms with van der Waals surface area (Å²) in [4.78, 5) is 0. The maximum Gasteiger partial charge on any atom is 0.180 e. The van der Waals surface area contributed by atoms with Crippen LogP contribution in [-0.2, 0) is 0 Å². The Morgan fingerprint density at radius 2 is 1.70 bits per heavy atom. The molecule has 0 spiro atoms. The summed E-state index contributed by atoms with van der Waals surface area (Å²) in [5.74, 6) is 0. The average molecular weight is 141 g/mol. The first-order valence-electron chi connectivity index (χ1n) is 3.06. The minimum absolute atomic E-state index is 0.250. The molecule has 0 fully saturated rings. The lowest BCUT2D eigenvalue weighted by molar-refractivity contribution is -0.605. The standard InChI is InChI=1S/C5H5NO.C2H6O/c7-6-4-2-1-3-5-6;1-2-3/h1-5H;3H,2H2,1H3. The summed E-state index contributed by atoms with van der Waals surface area (Å²) >= 11 is 0. The van der Waals surface area contributed by atoms with E-state index in [0.29, 0.717) is 0 Å². The zero-order chi connectivity index (χ0) is 7.82. The van der Waals surface area contributed by atoms with Gasteiger partial charge in [0.05, 0.1) is 0 Å². The van der Waals surface area contributed by atoms with Gasteiger partial charge in [0.1, 0.15) is 0 Å². The molecular formula is C7H11NO2. The number of aliphatic hydroxyl groups is 1. The van der Waals surface area contributed by atoms with E-state index in [2.05, 4.69) is 0 Å². The molecule has 0 atom stereocenters. The second kappa shape index (κ2) is 6.04. The van der Waals surface area contributed by atoms with Crippen LogP contribution in [0.3, 0.4) is 0 Å². The molecule has 1 aromatic heterocycles. The van der Waals surface area contributed by atoms with Gasteiger partial charge in [-0.3, -0.25) is 0 Å². The summed E-state index contributed by atoms with van der Waals surface area (Å²) in [6, 6.07) is 5.18. The Bertz CT molecular complexity index is 153. The van der Waals surface area contributed by atoms with Crippen LogP contribution in [0.15, 0.2) is 30.6 Å². The van der Waals surface area contributed by atoms with Gasteiger partial charge in [-0.1, -0.05) is 6.07 Å². The van der Waals surface area contributed by atoms with Gasteiger partial charge in [-0.15, -0.1) is 0 Å². The first kappa shape index (κ1) is 8.91. The van der Waals surface area contributed by atoms with Gasteiger partial charge >= 0.3 is 0 Å². The third kappa shape index (κ3) is 5.05. The molecule has 3 heteroatoms. The lowest BCUT2D eigenvalue weighted by Crippen LogP contribution is -2.22. The van der Waals surface area contributed by atoms with Crippen molar-refractivity contribution in [3.8, 4) is 0 Å². The van der Waals surface area contributed by atoms with E-state index in [4.69, 9.17) is 5.11 Å². The van der Waals surface area contributed by atoms with Crippen molar-refractivity contribution in [3.05, 3.63) is 35.8 Å². The van der Waals surface area contributed by atoms with Crippen molar-refractivity contribution in [2.24, 2.45) is 0 Å². The van der Waals surface area contributed by atoms with Gasteiger partial charge in [0.15, 0.2) is 12.4 Å². The highest BCUT2D eigenvalue weighted by Crippen LogP contribution is 1.72. The zero-order valence-electron chi connectivity index (χ0n) is 5.90. The van der Waals surface area contributed by atoms with Crippen LogP contribution in [0.5, 0.6) is 0 Å². The third-order valence-electron chi connectivity index (χ3n) is 0.688. The lowest BCUT2D eigenvalue weighted by atomic mass is 10.5. The summed E-state index contributed by atoms with van der Waals surface area (Å²) in [6.07, 6.45) is 2.89. The molecule has 0 amide bonds. The fourth-order valence-electron chi connectivity index (χ4n) is 0.383. The van der Waals surface area contributed by atoms with E-state index in [0.717, 1.165) is 4.73 Å². The molecule has 1 rings (SSSR count). The van der Waals surface area contributed by atoms with Gasteiger partial charge in [0.25, 0.3) is 0 Å². The molecule has 0 radical (unpaired) electrons. The van der Waals surface area contributed by atoms with Crippen molar-refractivity contribution in [2.45, 2.75) is 6.92 Å². The lowest BCUT2D eigenvalue weighted by Gasteiger charge is -1.88. The smallest absolute Gasteiger partial charge is 0.180 e. The Kier molecular flexibility index (Phi) is 5.38. The fourth-order valence-corrected chi connectivity index (χ4v) is 0.383. The Balaban J connectivity index is 0.000000236.